The fourth-order valence-electron chi connectivity index (χ4n) is 2.60. The molecular formula is C14H18N2O12+2. The van der Waals surface area contributed by atoms with Crippen LogP contribution in [0.4, 0.5) is 0 Å². The summed E-state index contributed by atoms with van der Waals surface area (Å²) in [5, 5.41) is 36.0. The van der Waals surface area contributed by atoms with E-state index in [4.69, 9.17) is 20.4 Å². The Bertz CT molecular complexity index is 621. The van der Waals surface area contributed by atoms with E-state index in [-0.39, 0.29) is 12.6 Å². The van der Waals surface area contributed by atoms with Gasteiger partial charge in [-0.15, -0.1) is 0 Å². The zero-order valence-electron chi connectivity index (χ0n) is 14.3. The summed E-state index contributed by atoms with van der Waals surface area (Å²) in [5.74, 6) is -9.74. The Morgan fingerprint density at radius 3 is 0.893 bits per heavy atom. The summed E-state index contributed by atoms with van der Waals surface area (Å²) in [6.45, 7) is -6.65. The number of carboxylic acid groups (broad SMARTS) is 4. The van der Waals surface area contributed by atoms with Crippen molar-refractivity contribution in [1.29, 1.82) is 0 Å². The van der Waals surface area contributed by atoms with Gasteiger partial charge in [-0.1, -0.05) is 0 Å². The standard InChI is InChI=1S/C14H16N2O12/c17-7-9(19)15(3-11(21)22,4-12(23)24)1-2-16(5-13(25)26,6-14(27)28)10(20)8-18/h7-8H,1-6H2,(H2-2,21,22,23,24,25,26,27,28)/p+2. The van der Waals surface area contributed by atoms with Crippen molar-refractivity contribution in [2.24, 2.45) is 0 Å². The van der Waals surface area contributed by atoms with E-state index in [0.717, 1.165) is 0 Å². The first-order chi connectivity index (χ1) is 12.8. The molecule has 28 heavy (non-hydrogen) atoms. The molecule has 14 heteroatoms. The summed E-state index contributed by atoms with van der Waals surface area (Å²) in [7, 11) is 0. The summed E-state index contributed by atoms with van der Waals surface area (Å²) >= 11 is 0. The molecule has 0 rings (SSSR count). The molecule has 0 aliphatic carbocycles. The van der Waals surface area contributed by atoms with Crippen LogP contribution in [0.5, 0.6) is 0 Å². The smallest absolute Gasteiger partial charge is 0.379 e. The normalized spacial score (nSPS) is 11.3. The van der Waals surface area contributed by atoms with Crippen molar-refractivity contribution in [2.45, 2.75) is 0 Å². The summed E-state index contributed by atoms with van der Waals surface area (Å²) in [5.41, 5.74) is 0. The first-order valence-electron chi connectivity index (χ1n) is 7.43. The number of carboxylic acids is 4. The molecule has 154 valence electrons. The second-order valence-electron chi connectivity index (χ2n) is 5.86. The molecule has 0 aromatic rings. The van der Waals surface area contributed by atoms with Gasteiger partial charge < -0.3 is 20.4 Å². The third-order valence-corrected chi connectivity index (χ3v) is 3.84. The van der Waals surface area contributed by atoms with Crippen molar-refractivity contribution >= 4 is 48.3 Å². The van der Waals surface area contributed by atoms with Crippen LogP contribution >= 0.6 is 0 Å². The van der Waals surface area contributed by atoms with Gasteiger partial charge in [-0.05, 0) is 0 Å². The maximum Gasteiger partial charge on any atom is 0.379 e. The average molecular weight is 406 g/mol. The van der Waals surface area contributed by atoms with E-state index in [1.54, 1.807) is 0 Å². The maximum absolute atomic E-state index is 12.0. The molecular weight excluding hydrogens is 388 g/mol. The van der Waals surface area contributed by atoms with Crippen LogP contribution < -0.4 is 0 Å². The molecule has 0 heterocycles. The van der Waals surface area contributed by atoms with E-state index in [1.165, 1.54) is 0 Å². The van der Waals surface area contributed by atoms with Gasteiger partial charge in [0.1, 0.15) is 13.1 Å². The Morgan fingerprint density at radius 1 is 0.536 bits per heavy atom. The number of aldehydes is 2. The summed E-state index contributed by atoms with van der Waals surface area (Å²) < 4.78 is -3.08. The minimum atomic E-state index is -1.69. The molecule has 0 atom stereocenters. The monoisotopic (exact) mass is 406 g/mol. The molecule has 2 amide bonds. The third-order valence-electron chi connectivity index (χ3n) is 3.84. The van der Waals surface area contributed by atoms with Crippen LogP contribution in [-0.4, -0.2) is 117 Å². The lowest BCUT2D eigenvalue weighted by Crippen LogP contribution is -2.66. The summed E-state index contributed by atoms with van der Waals surface area (Å²) in [6.07, 6.45) is -0.674. The number of amides is 2. The highest BCUT2D eigenvalue weighted by atomic mass is 16.4. The van der Waals surface area contributed by atoms with Crippen molar-refractivity contribution in [2.75, 3.05) is 39.3 Å². The molecule has 0 aliphatic rings. The van der Waals surface area contributed by atoms with Gasteiger partial charge in [-0.3, -0.25) is 9.59 Å². The molecule has 0 fully saturated rings. The Kier molecular flexibility index (Phi) is 8.73. The second kappa shape index (κ2) is 9.98. The van der Waals surface area contributed by atoms with Gasteiger partial charge in [0.25, 0.3) is 0 Å². The SMILES string of the molecule is O=CC(=O)[N+](CC[N+](CC(=O)O)(CC(=O)O)C(=O)C=O)(CC(=O)O)CC(=O)O. The first kappa shape index (κ1) is 24.5. The lowest BCUT2D eigenvalue weighted by atomic mass is 10.2. The zero-order valence-corrected chi connectivity index (χ0v) is 14.3. The van der Waals surface area contributed by atoms with Gasteiger partial charge in [0.05, 0.1) is 0 Å². The van der Waals surface area contributed by atoms with Crippen LogP contribution in [0.1, 0.15) is 0 Å². The fraction of sp³-hybridized carbons (Fsp3) is 0.429. The molecule has 0 aliphatic heterocycles. The molecule has 0 aromatic carbocycles. The predicted molar refractivity (Wildman–Crippen MR) is 82.4 cm³/mol. The van der Waals surface area contributed by atoms with Crippen LogP contribution in [0.25, 0.3) is 0 Å². The van der Waals surface area contributed by atoms with Gasteiger partial charge in [-0.2, -0.15) is 0 Å². The number of quaternary nitrogens is 2. The molecule has 14 nitrogen and oxygen atoms in total. The van der Waals surface area contributed by atoms with Crippen LogP contribution in [0, 0.1) is 0 Å². The number of aliphatic carboxylic acids is 4. The van der Waals surface area contributed by atoms with Crippen LogP contribution in [0.15, 0.2) is 0 Å². The van der Waals surface area contributed by atoms with Crippen molar-refractivity contribution in [1.82, 2.24) is 0 Å². The Labute approximate surface area is 156 Å². The molecule has 0 saturated carbocycles. The molecule has 0 aromatic heterocycles. The molecule has 0 unspecified atom stereocenters. The van der Waals surface area contributed by atoms with Gasteiger partial charge in [-0.25, -0.2) is 37.7 Å². The molecule has 0 spiro atoms. The predicted octanol–water partition coefficient (Wildman–Crippen LogP) is -3.59. The van der Waals surface area contributed by atoms with Gasteiger partial charge in [0.2, 0.25) is 12.6 Å². The molecule has 0 saturated heterocycles. The van der Waals surface area contributed by atoms with E-state index in [2.05, 4.69) is 0 Å². The number of hydrogen-bond acceptors (Lipinski definition) is 8. The van der Waals surface area contributed by atoms with Gasteiger partial charge >= 0.3 is 35.7 Å². The Balaban J connectivity index is 6.26. The van der Waals surface area contributed by atoms with Crippen LogP contribution in [-0.2, 0) is 38.4 Å². The minimum absolute atomic E-state index is 0.337. The lowest BCUT2D eigenvalue weighted by molar-refractivity contribution is -0.893. The van der Waals surface area contributed by atoms with Crippen molar-refractivity contribution in [3.05, 3.63) is 0 Å². The van der Waals surface area contributed by atoms with Crippen LogP contribution in [0.3, 0.4) is 0 Å². The molecule has 4 N–H and O–H groups in total. The van der Waals surface area contributed by atoms with Crippen molar-refractivity contribution in [3.63, 3.8) is 0 Å². The van der Waals surface area contributed by atoms with E-state index in [9.17, 15) is 38.4 Å². The molecule has 0 radical (unpaired) electrons. The van der Waals surface area contributed by atoms with Gasteiger partial charge in [0.15, 0.2) is 26.2 Å². The fourth-order valence-corrected chi connectivity index (χ4v) is 2.60. The topological polar surface area (TPSA) is 217 Å². The van der Waals surface area contributed by atoms with Crippen LogP contribution in [0.2, 0.25) is 0 Å². The largest absolute Gasteiger partial charge is 0.477 e. The highest BCUT2D eigenvalue weighted by molar-refractivity contribution is 6.21. The number of nitrogens with zero attached hydrogens (tertiary/aromatic N) is 2. The quantitative estimate of drug-likeness (QED) is 0.132. The Morgan fingerprint density at radius 2 is 0.750 bits per heavy atom. The van der Waals surface area contributed by atoms with E-state index in [1.807, 2.05) is 0 Å². The summed E-state index contributed by atoms with van der Waals surface area (Å²) in [6, 6.07) is 0. The number of carbonyl (C=O) groups is 8. The van der Waals surface area contributed by atoms with E-state index < -0.39 is 83.9 Å². The number of carbonyl (C=O) groups excluding carboxylic acids is 4. The first-order valence-corrected chi connectivity index (χ1v) is 7.43. The minimum Gasteiger partial charge on any atom is -0.477 e. The van der Waals surface area contributed by atoms with Crippen molar-refractivity contribution in [3.8, 4) is 0 Å². The maximum atomic E-state index is 12.0. The highest BCUT2D eigenvalue weighted by Gasteiger charge is 2.47. The second-order valence-corrected chi connectivity index (χ2v) is 5.86. The number of rotatable bonds is 13. The van der Waals surface area contributed by atoms with Crippen molar-refractivity contribution < 1.29 is 67.7 Å². The highest BCUT2D eigenvalue weighted by Crippen LogP contribution is 2.14. The molecule has 0 bridgehead atoms. The lowest BCUT2D eigenvalue weighted by Gasteiger charge is -2.36. The average Bonchev–Trinajstić information content (AvgIpc) is 2.55. The Hall–Kier alpha value is -3.52. The zero-order chi connectivity index (χ0) is 22.1. The number of hydrogen-bond donors (Lipinski definition) is 4. The van der Waals surface area contributed by atoms with E-state index >= 15 is 0 Å². The van der Waals surface area contributed by atoms with E-state index in [0.29, 0.717) is 0 Å². The summed E-state index contributed by atoms with van der Waals surface area (Å²) in [4.78, 5) is 90.2. The van der Waals surface area contributed by atoms with Gasteiger partial charge in [0, 0.05) is 0 Å². The third kappa shape index (κ3) is 6.65.